The zero-order valence-electron chi connectivity index (χ0n) is 17.0. The smallest absolute Gasteiger partial charge is 0.338 e. The molecular formula is C21H24N2O5S. The van der Waals surface area contributed by atoms with Gasteiger partial charge < -0.3 is 19.2 Å². The molecule has 154 valence electrons. The monoisotopic (exact) mass is 416 g/mol. The number of H-pyrrole nitrogens is 1. The number of nitrogens with one attached hydrogen (secondary N) is 1. The molecule has 0 aliphatic carbocycles. The Morgan fingerprint density at radius 1 is 1.17 bits per heavy atom. The fourth-order valence-electron chi connectivity index (χ4n) is 2.82. The second kappa shape index (κ2) is 9.09. The van der Waals surface area contributed by atoms with E-state index < -0.39 is 5.97 Å². The first-order chi connectivity index (χ1) is 13.9. The molecular weight excluding hydrogens is 392 g/mol. The van der Waals surface area contributed by atoms with Crippen LogP contribution in [0.15, 0.2) is 23.0 Å². The van der Waals surface area contributed by atoms with Gasteiger partial charge in [0, 0.05) is 4.88 Å². The van der Waals surface area contributed by atoms with Crippen LogP contribution in [-0.2, 0) is 11.3 Å². The zero-order chi connectivity index (χ0) is 21.0. The van der Waals surface area contributed by atoms with Crippen molar-refractivity contribution in [1.82, 2.24) is 9.97 Å². The predicted molar refractivity (Wildman–Crippen MR) is 112 cm³/mol. The van der Waals surface area contributed by atoms with E-state index in [9.17, 15) is 9.59 Å². The Balaban J connectivity index is 1.76. The summed E-state index contributed by atoms with van der Waals surface area (Å²) in [7, 11) is 0. The minimum absolute atomic E-state index is 0.127. The third-order valence-electron chi connectivity index (χ3n) is 4.37. The largest absolute Gasteiger partial charge is 0.490 e. The number of nitrogens with zero attached hydrogens (tertiary/aromatic N) is 1. The van der Waals surface area contributed by atoms with Crippen molar-refractivity contribution in [3.63, 3.8) is 0 Å². The Morgan fingerprint density at radius 2 is 1.97 bits per heavy atom. The van der Waals surface area contributed by atoms with Crippen LogP contribution < -0.4 is 15.0 Å². The summed E-state index contributed by atoms with van der Waals surface area (Å²) < 4.78 is 16.6. The van der Waals surface area contributed by atoms with Crippen LogP contribution in [0.25, 0.3) is 10.2 Å². The van der Waals surface area contributed by atoms with Crippen LogP contribution in [0, 0.1) is 13.8 Å². The van der Waals surface area contributed by atoms with Gasteiger partial charge in [0.05, 0.1) is 24.2 Å². The topological polar surface area (TPSA) is 90.5 Å². The summed E-state index contributed by atoms with van der Waals surface area (Å²) in [5, 5.41) is 0.589. The van der Waals surface area contributed by atoms with Crippen molar-refractivity contribution in [3.05, 3.63) is 50.4 Å². The number of benzene rings is 1. The van der Waals surface area contributed by atoms with Crippen molar-refractivity contribution in [3.8, 4) is 11.5 Å². The van der Waals surface area contributed by atoms with E-state index in [0.717, 1.165) is 16.9 Å². The van der Waals surface area contributed by atoms with E-state index in [0.29, 0.717) is 46.3 Å². The summed E-state index contributed by atoms with van der Waals surface area (Å²) in [5.74, 6) is 0.859. The van der Waals surface area contributed by atoms with Gasteiger partial charge in [0.15, 0.2) is 11.5 Å². The number of esters is 1. The predicted octanol–water partition coefficient (Wildman–Crippen LogP) is 4.15. The molecule has 0 amide bonds. The van der Waals surface area contributed by atoms with Crippen LogP contribution >= 0.6 is 11.3 Å². The van der Waals surface area contributed by atoms with Crippen molar-refractivity contribution >= 4 is 27.5 Å². The number of aromatic amines is 1. The Bertz CT molecular complexity index is 1090. The number of ether oxygens (including phenoxy) is 3. The number of aryl methyl sites for hydroxylation is 2. The number of carbonyl (C=O) groups excluding carboxylic acids is 1. The Morgan fingerprint density at radius 3 is 2.69 bits per heavy atom. The van der Waals surface area contributed by atoms with Gasteiger partial charge in [0.25, 0.3) is 5.56 Å². The highest BCUT2D eigenvalue weighted by Crippen LogP contribution is 2.29. The highest BCUT2D eigenvalue weighted by molar-refractivity contribution is 7.18. The fourth-order valence-corrected chi connectivity index (χ4v) is 3.87. The molecule has 7 nitrogen and oxygen atoms in total. The first kappa shape index (κ1) is 20.9. The van der Waals surface area contributed by atoms with E-state index in [4.69, 9.17) is 14.2 Å². The van der Waals surface area contributed by atoms with Gasteiger partial charge in [-0.15, -0.1) is 11.3 Å². The summed E-state index contributed by atoms with van der Waals surface area (Å²) in [6.45, 7) is 8.61. The Hall–Kier alpha value is -2.87. The average molecular weight is 416 g/mol. The summed E-state index contributed by atoms with van der Waals surface area (Å²) in [6, 6.07) is 4.92. The van der Waals surface area contributed by atoms with Crippen LogP contribution in [-0.4, -0.2) is 29.2 Å². The maximum atomic E-state index is 12.5. The van der Waals surface area contributed by atoms with Gasteiger partial charge in [0.2, 0.25) is 0 Å². The molecule has 8 heteroatoms. The van der Waals surface area contributed by atoms with Crippen molar-refractivity contribution in [2.24, 2.45) is 0 Å². The molecule has 0 saturated heterocycles. The molecule has 2 heterocycles. The minimum atomic E-state index is -0.533. The van der Waals surface area contributed by atoms with Crippen LogP contribution in [0.5, 0.6) is 11.5 Å². The van der Waals surface area contributed by atoms with Crippen LogP contribution in [0.4, 0.5) is 0 Å². The van der Waals surface area contributed by atoms with Gasteiger partial charge in [-0.1, -0.05) is 6.92 Å². The van der Waals surface area contributed by atoms with E-state index >= 15 is 0 Å². The molecule has 0 aliphatic rings. The van der Waals surface area contributed by atoms with Crippen LogP contribution in [0.1, 0.15) is 46.9 Å². The highest BCUT2D eigenvalue weighted by atomic mass is 32.1. The standard InChI is InChI=1S/C21H24N2O5S/c1-5-9-27-15-8-7-14(10-16(15)26-6-2)21(25)28-11-17-22-19(24)18-12(3)13(4)29-20(18)23-17/h7-8,10H,5-6,9,11H2,1-4H3,(H,22,23,24). The molecule has 1 aromatic carbocycles. The Kier molecular flexibility index (Phi) is 6.53. The van der Waals surface area contributed by atoms with E-state index in [1.54, 1.807) is 18.2 Å². The quantitative estimate of drug-likeness (QED) is 0.555. The third kappa shape index (κ3) is 4.59. The summed E-state index contributed by atoms with van der Waals surface area (Å²) in [6.07, 6.45) is 0.869. The number of aromatic nitrogens is 2. The SMILES string of the molecule is CCCOc1ccc(C(=O)OCc2nc3sc(C)c(C)c3c(=O)[nH]2)cc1OCC. The molecule has 0 bridgehead atoms. The molecule has 3 rings (SSSR count). The van der Waals surface area contributed by atoms with Gasteiger partial charge in [-0.25, -0.2) is 9.78 Å². The molecule has 0 atom stereocenters. The Labute approximate surface area is 172 Å². The fraction of sp³-hybridized carbons (Fsp3) is 0.381. The van der Waals surface area contributed by atoms with Crippen molar-refractivity contribution in [2.75, 3.05) is 13.2 Å². The summed E-state index contributed by atoms with van der Waals surface area (Å²) in [5.41, 5.74) is 1.04. The molecule has 0 radical (unpaired) electrons. The molecule has 2 aromatic heterocycles. The number of fused-ring (bicyclic) bond motifs is 1. The van der Waals surface area contributed by atoms with Crippen molar-refractivity contribution in [1.29, 1.82) is 0 Å². The molecule has 3 aromatic rings. The lowest BCUT2D eigenvalue weighted by molar-refractivity contribution is 0.0462. The van der Waals surface area contributed by atoms with E-state index in [1.807, 2.05) is 27.7 Å². The number of thiophene rings is 1. The van der Waals surface area contributed by atoms with Gasteiger partial charge >= 0.3 is 5.97 Å². The third-order valence-corrected chi connectivity index (χ3v) is 5.47. The second-order valence-electron chi connectivity index (χ2n) is 6.50. The minimum Gasteiger partial charge on any atom is -0.490 e. The highest BCUT2D eigenvalue weighted by Gasteiger charge is 2.15. The molecule has 0 fully saturated rings. The first-order valence-electron chi connectivity index (χ1n) is 9.50. The lowest BCUT2D eigenvalue weighted by atomic mass is 10.2. The van der Waals surface area contributed by atoms with Gasteiger partial charge in [-0.3, -0.25) is 4.79 Å². The van der Waals surface area contributed by atoms with E-state index in [1.165, 1.54) is 11.3 Å². The van der Waals surface area contributed by atoms with Crippen molar-refractivity contribution < 1.29 is 19.0 Å². The number of hydrogen-bond donors (Lipinski definition) is 1. The molecule has 1 N–H and O–H groups in total. The van der Waals surface area contributed by atoms with Gasteiger partial charge in [-0.05, 0) is 51.0 Å². The lowest BCUT2D eigenvalue weighted by Gasteiger charge is -2.12. The average Bonchev–Trinajstić information content (AvgIpc) is 2.99. The maximum Gasteiger partial charge on any atom is 0.338 e. The van der Waals surface area contributed by atoms with Crippen LogP contribution in [0.2, 0.25) is 0 Å². The summed E-state index contributed by atoms with van der Waals surface area (Å²) in [4.78, 5) is 33.6. The second-order valence-corrected chi connectivity index (χ2v) is 7.70. The van der Waals surface area contributed by atoms with Gasteiger partial charge in [-0.2, -0.15) is 0 Å². The molecule has 0 aliphatic heterocycles. The summed E-state index contributed by atoms with van der Waals surface area (Å²) >= 11 is 1.45. The number of carbonyl (C=O) groups is 1. The zero-order valence-corrected chi connectivity index (χ0v) is 17.8. The molecule has 0 spiro atoms. The first-order valence-corrected chi connectivity index (χ1v) is 10.3. The van der Waals surface area contributed by atoms with Gasteiger partial charge in [0.1, 0.15) is 17.3 Å². The number of hydrogen-bond acceptors (Lipinski definition) is 7. The number of rotatable bonds is 8. The maximum absolute atomic E-state index is 12.5. The molecule has 29 heavy (non-hydrogen) atoms. The molecule has 0 unspecified atom stereocenters. The molecule has 0 saturated carbocycles. The van der Waals surface area contributed by atoms with Crippen LogP contribution in [0.3, 0.4) is 0 Å². The van der Waals surface area contributed by atoms with Crippen molar-refractivity contribution in [2.45, 2.75) is 40.7 Å². The van der Waals surface area contributed by atoms with E-state index in [2.05, 4.69) is 9.97 Å². The van der Waals surface area contributed by atoms with E-state index in [-0.39, 0.29) is 12.2 Å². The normalized spacial score (nSPS) is 10.9. The lowest BCUT2D eigenvalue weighted by Crippen LogP contribution is -2.14.